The molecule has 1 N–H and O–H groups in total. The van der Waals surface area contributed by atoms with Crippen molar-refractivity contribution in [2.75, 3.05) is 31.0 Å². The van der Waals surface area contributed by atoms with Crippen molar-refractivity contribution >= 4 is 17.4 Å². The number of ether oxygens (including phenoxy) is 2. The van der Waals surface area contributed by atoms with E-state index in [2.05, 4.69) is 10.4 Å². The molecule has 2 aliphatic rings. The highest BCUT2D eigenvalue weighted by Gasteiger charge is 2.47. The Bertz CT molecular complexity index is 1260. The third-order valence-corrected chi connectivity index (χ3v) is 6.63. The quantitative estimate of drug-likeness (QED) is 0.552. The van der Waals surface area contributed by atoms with Gasteiger partial charge in [-0.05, 0) is 42.2 Å². The minimum Gasteiger partial charge on any atom is -0.493 e. The van der Waals surface area contributed by atoms with Crippen molar-refractivity contribution in [2.24, 2.45) is 0 Å². The molecule has 0 saturated carbocycles. The van der Waals surface area contributed by atoms with Gasteiger partial charge < -0.3 is 19.7 Å². The first-order chi connectivity index (χ1) is 16.8. The molecule has 3 heterocycles. The van der Waals surface area contributed by atoms with E-state index in [-0.39, 0.29) is 23.7 Å². The number of alkyl halides is 3. The number of hydrogen-bond donors (Lipinski definition) is 1. The maximum absolute atomic E-state index is 14.1. The van der Waals surface area contributed by atoms with E-state index in [4.69, 9.17) is 9.47 Å². The predicted molar refractivity (Wildman–Crippen MR) is 124 cm³/mol. The number of methoxy groups -OCH3 is 2. The minimum absolute atomic E-state index is 0.0615. The highest BCUT2D eigenvalue weighted by molar-refractivity contribution is 6.09. The standard InChI is InChI=1S/C25H25F3N4O3/c1-34-20-10-9-16(12-21(20)35-2)18-13-22(25(26,27)28)32-23(30-18)17(14-29-32)24(33)31-11-5-7-15-6-3-4-8-19(15)31/h3-4,6,8-10,12,14,18,22,30H,5,7,11,13H2,1-2H3. The number of nitrogens with one attached hydrogen (secondary N) is 1. The van der Waals surface area contributed by atoms with Crippen LogP contribution in [0.4, 0.5) is 24.7 Å². The molecule has 2 aromatic carbocycles. The first-order valence-corrected chi connectivity index (χ1v) is 11.3. The number of aromatic nitrogens is 2. The highest BCUT2D eigenvalue weighted by atomic mass is 19.4. The molecule has 2 unspecified atom stereocenters. The number of para-hydroxylation sites is 1. The Morgan fingerprint density at radius 2 is 1.89 bits per heavy atom. The number of fused-ring (bicyclic) bond motifs is 2. The van der Waals surface area contributed by atoms with Crippen LogP contribution in [0.2, 0.25) is 0 Å². The van der Waals surface area contributed by atoms with Crippen LogP contribution >= 0.6 is 0 Å². The predicted octanol–water partition coefficient (Wildman–Crippen LogP) is 5.15. The fourth-order valence-corrected chi connectivity index (χ4v) is 4.90. The van der Waals surface area contributed by atoms with E-state index in [9.17, 15) is 18.0 Å². The summed E-state index contributed by atoms with van der Waals surface area (Å²) in [4.78, 5) is 15.2. The molecule has 35 heavy (non-hydrogen) atoms. The molecule has 7 nitrogen and oxygen atoms in total. The maximum atomic E-state index is 14.1. The fourth-order valence-electron chi connectivity index (χ4n) is 4.90. The number of rotatable bonds is 4. The first-order valence-electron chi connectivity index (χ1n) is 11.3. The van der Waals surface area contributed by atoms with Gasteiger partial charge in [0, 0.05) is 18.7 Å². The summed E-state index contributed by atoms with van der Waals surface area (Å²) in [5.74, 6) is 0.575. The second-order valence-electron chi connectivity index (χ2n) is 8.64. The fraction of sp³-hybridized carbons (Fsp3) is 0.360. The van der Waals surface area contributed by atoms with Crippen molar-refractivity contribution in [3.05, 3.63) is 65.4 Å². The topological polar surface area (TPSA) is 68.6 Å². The monoisotopic (exact) mass is 486 g/mol. The van der Waals surface area contributed by atoms with Crippen LogP contribution in [0.5, 0.6) is 11.5 Å². The Balaban J connectivity index is 1.54. The van der Waals surface area contributed by atoms with Gasteiger partial charge in [-0.15, -0.1) is 0 Å². The summed E-state index contributed by atoms with van der Waals surface area (Å²) in [7, 11) is 2.96. The first kappa shape index (κ1) is 23.1. The average Bonchev–Trinajstić information content (AvgIpc) is 3.30. The molecular formula is C25H25F3N4O3. The molecule has 0 radical (unpaired) electrons. The number of carbonyl (C=O) groups is 1. The lowest BCUT2D eigenvalue weighted by molar-refractivity contribution is -0.173. The lowest BCUT2D eigenvalue weighted by Crippen LogP contribution is -2.38. The molecule has 0 spiro atoms. The van der Waals surface area contributed by atoms with E-state index in [0.717, 1.165) is 28.8 Å². The molecular weight excluding hydrogens is 461 g/mol. The minimum atomic E-state index is -4.55. The molecule has 0 saturated heterocycles. The molecule has 0 aliphatic carbocycles. The Hall–Kier alpha value is -3.69. The van der Waals surface area contributed by atoms with Gasteiger partial charge in [0.1, 0.15) is 11.4 Å². The number of aryl methyl sites for hydroxylation is 1. The Labute approximate surface area is 200 Å². The molecule has 1 aromatic heterocycles. The molecule has 5 rings (SSSR count). The average molecular weight is 486 g/mol. The van der Waals surface area contributed by atoms with Crippen LogP contribution < -0.4 is 19.7 Å². The van der Waals surface area contributed by atoms with Gasteiger partial charge in [0.15, 0.2) is 17.5 Å². The van der Waals surface area contributed by atoms with Crippen molar-refractivity contribution in [1.82, 2.24) is 9.78 Å². The lowest BCUT2D eigenvalue weighted by Gasteiger charge is -2.35. The largest absolute Gasteiger partial charge is 0.493 e. The summed E-state index contributed by atoms with van der Waals surface area (Å²) in [5, 5.41) is 7.16. The van der Waals surface area contributed by atoms with Crippen molar-refractivity contribution < 1.29 is 27.4 Å². The second-order valence-corrected chi connectivity index (χ2v) is 8.64. The van der Waals surface area contributed by atoms with Gasteiger partial charge in [0.2, 0.25) is 0 Å². The van der Waals surface area contributed by atoms with Crippen molar-refractivity contribution in [2.45, 2.75) is 37.5 Å². The van der Waals surface area contributed by atoms with Gasteiger partial charge >= 0.3 is 6.18 Å². The van der Waals surface area contributed by atoms with Crippen LogP contribution in [0.15, 0.2) is 48.7 Å². The zero-order valence-corrected chi connectivity index (χ0v) is 19.3. The van der Waals surface area contributed by atoms with E-state index >= 15 is 0 Å². The lowest BCUT2D eigenvalue weighted by atomic mass is 9.96. The van der Waals surface area contributed by atoms with Crippen LogP contribution in [-0.4, -0.2) is 42.6 Å². The van der Waals surface area contributed by atoms with Gasteiger partial charge in [0.25, 0.3) is 5.91 Å². The Morgan fingerprint density at radius 1 is 1.11 bits per heavy atom. The summed E-state index contributed by atoms with van der Waals surface area (Å²) >= 11 is 0. The van der Waals surface area contributed by atoms with Crippen molar-refractivity contribution in [1.29, 1.82) is 0 Å². The Kier molecular flexibility index (Phi) is 5.82. The van der Waals surface area contributed by atoms with E-state index in [1.807, 2.05) is 24.3 Å². The van der Waals surface area contributed by atoms with Gasteiger partial charge in [-0.2, -0.15) is 18.3 Å². The zero-order valence-electron chi connectivity index (χ0n) is 19.3. The second kappa shape index (κ2) is 8.83. The molecule has 0 bridgehead atoms. The number of halogens is 3. The van der Waals surface area contributed by atoms with Crippen LogP contribution in [-0.2, 0) is 6.42 Å². The third-order valence-electron chi connectivity index (χ3n) is 6.63. The number of nitrogens with zero attached hydrogens (tertiary/aromatic N) is 3. The Morgan fingerprint density at radius 3 is 2.63 bits per heavy atom. The number of amides is 1. The number of carbonyl (C=O) groups excluding carboxylic acids is 1. The van der Waals surface area contributed by atoms with E-state index < -0.39 is 18.3 Å². The molecule has 1 amide bonds. The SMILES string of the molecule is COc1ccc(C2CC(C(F)(F)F)n3ncc(C(=O)N4CCCc5ccccc54)c3N2)cc1OC. The number of hydrogen-bond acceptors (Lipinski definition) is 5. The van der Waals surface area contributed by atoms with Crippen LogP contribution in [0, 0.1) is 0 Å². The van der Waals surface area contributed by atoms with Gasteiger partial charge in [-0.3, -0.25) is 4.79 Å². The summed E-state index contributed by atoms with van der Waals surface area (Å²) < 4.78 is 53.8. The van der Waals surface area contributed by atoms with Crippen LogP contribution in [0.1, 0.15) is 46.4 Å². The maximum Gasteiger partial charge on any atom is 0.410 e. The zero-order chi connectivity index (χ0) is 24.7. The van der Waals surface area contributed by atoms with E-state index in [0.29, 0.717) is 23.6 Å². The number of benzene rings is 2. The third kappa shape index (κ3) is 4.06. The van der Waals surface area contributed by atoms with Crippen molar-refractivity contribution in [3.8, 4) is 11.5 Å². The molecule has 10 heteroatoms. The van der Waals surface area contributed by atoms with Crippen molar-refractivity contribution in [3.63, 3.8) is 0 Å². The number of anilines is 2. The molecule has 2 aliphatic heterocycles. The molecule has 3 aromatic rings. The highest BCUT2D eigenvalue weighted by Crippen LogP contribution is 2.45. The normalized spacial score (nSPS) is 19.4. The van der Waals surface area contributed by atoms with E-state index in [1.54, 1.807) is 23.1 Å². The van der Waals surface area contributed by atoms with Crippen LogP contribution in [0.25, 0.3) is 0 Å². The molecule has 2 atom stereocenters. The molecule has 184 valence electrons. The van der Waals surface area contributed by atoms with Crippen LogP contribution in [0.3, 0.4) is 0 Å². The van der Waals surface area contributed by atoms with Gasteiger partial charge in [0.05, 0.1) is 26.5 Å². The summed E-state index contributed by atoms with van der Waals surface area (Å²) in [6.07, 6.45) is -1.97. The smallest absolute Gasteiger partial charge is 0.410 e. The van der Waals surface area contributed by atoms with E-state index in [1.165, 1.54) is 20.4 Å². The summed E-state index contributed by atoms with van der Waals surface area (Å²) in [5.41, 5.74) is 2.52. The summed E-state index contributed by atoms with van der Waals surface area (Å²) in [6.45, 7) is 0.488. The summed E-state index contributed by atoms with van der Waals surface area (Å²) in [6, 6.07) is 9.99. The van der Waals surface area contributed by atoms with Gasteiger partial charge in [-0.25, -0.2) is 4.68 Å². The van der Waals surface area contributed by atoms with Gasteiger partial charge in [-0.1, -0.05) is 24.3 Å². The molecule has 0 fully saturated rings.